The third-order valence-corrected chi connectivity index (χ3v) is 5.35. The van der Waals surface area contributed by atoms with E-state index in [0.717, 1.165) is 59.6 Å². The summed E-state index contributed by atoms with van der Waals surface area (Å²) in [4.78, 5) is 8.97. The number of hydrogen-bond acceptors (Lipinski definition) is 5. The molecule has 0 radical (unpaired) electrons. The van der Waals surface area contributed by atoms with Crippen molar-refractivity contribution in [1.82, 2.24) is 9.97 Å². The van der Waals surface area contributed by atoms with Crippen LogP contribution in [-0.4, -0.2) is 29.2 Å². The van der Waals surface area contributed by atoms with Gasteiger partial charge in [0.15, 0.2) is 0 Å². The minimum absolute atomic E-state index is 0.225. The van der Waals surface area contributed by atoms with Gasteiger partial charge in [-0.05, 0) is 25.3 Å². The molecule has 0 saturated carbocycles. The molecule has 2 aromatic carbocycles. The maximum Gasteiger partial charge on any atom is 0.232 e. The number of anilines is 1. The summed E-state index contributed by atoms with van der Waals surface area (Å²) in [5, 5.41) is 4.40. The number of nitrogens with one attached hydrogen (secondary N) is 1. The van der Waals surface area contributed by atoms with E-state index < -0.39 is 0 Å². The molecule has 0 aliphatic carbocycles. The molecule has 1 aliphatic rings. The van der Waals surface area contributed by atoms with Crippen molar-refractivity contribution in [2.45, 2.75) is 25.9 Å². The van der Waals surface area contributed by atoms with E-state index in [0.29, 0.717) is 5.71 Å². The summed E-state index contributed by atoms with van der Waals surface area (Å²) < 4.78 is 12.0. The number of aromatic nitrogens is 2. The van der Waals surface area contributed by atoms with Gasteiger partial charge in [-0.15, -0.1) is 0 Å². The zero-order valence-electron chi connectivity index (χ0n) is 16.4. The quantitative estimate of drug-likeness (QED) is 0.494. The van der Waals surface area contributed by atoms with Gasteiger partial charge in [0.05, 0.1) is 11.5 Å². The Morgan fingerprint density at radius 1 is 1.03 bits per heavy atom. The van der Waals surface area contributed by atoms with Crippen LogP contribution < -0.4 is 5.32 Å². The van der Waals surface area contributed by atoms with Crippen molar-refractivity contribution in [3.8, 4) is 22.5 Å². The second kappa shape index (κ2) is 7.68. The molecule has 0 amide bonds. The third kappa shape index (κ3) is 3.49. The number of aryl methyl sites for hydroxylation is 1. The van der Waals surface area contributed by atoms with Crippen molar-refractivity contribution in [2.24, 2.45) is 0 Å². The van der Waals surface area contributed by atoms with Crippen molar-refractivity contribution in [1.29, 1.82) is 0 Å². The van der Waals surface area contributed by atoms with Gasteiger partial charge in [-0.25, -0.2) is 9.97 Å². The zero-order valence-corrected chi connectivity index (χ0v) is 16.4. The lowest BCUT2D eigenvalue weighted by Gasteiger charge is -2.12. The van der Waals surface area contributed by atoms with Gasteiger partial charge in [-0.1, -0.05) is 60.2 Å². The van der Waals surface area contributed by atoms with Crippen LogP contribution in [0.25, 0.3) is 33.6 Å². The Kier molecular flexibility index (Phi) is 4.74. The molecule has 1 unspecified atom stereocenters. The van der Waals surface area contributed by atoms with E-state index >= 15 is 0 Å². The summed E-state index contributed by atoms with van der Waals surface area (Å²) in [5.74, 6) is 1.60. The van der Waals surface area contributed by atoms with E-state index in [4.69, 9.17) is 9.15 Å². The third-order valence-electron chi connectivity index (χ3n) is 5.35. The van der Waals surface area contributed by atoms with Gasteiger partial charge in [0.25, 0.3) is 0 Å². The Labute approximate surface area is 169 Å². The van der Waals surface area contributed by atoms with Crippen LogP contribution in [0.5, 0.6) is 0 Å². The number of rotatable bonds is 5. The fourth-order valence-corrected chi connectivity index (χ4v) is 3.95. The molecule has 5 rings (SSSR count). The highest BCUT2D eigenvalue weighted by molar-refractivity contribution is 6.05. The van der Waals surface area contributed by atoms with Crippen molar-refractivity contribution >= 4 is 16.9 Å². The minimum atomic E-state index is 0.225. The monoisotopic (exact) mass is 385 g/mol. The molecule has 3 heterocycles. The Bertz CT molecular complexity index is 1130. The van der Waals surface area contributed by atoms with Crippen LogP contribution >= 0.6 is 0 Å². The van der Waals surface area contributed by atoms with E-state index in [1.165, 1.54) is 5.56 Å². The van der Waals surface area contributed by atoms with Gasteiger partial charge in [0, 0.05) is 24.3 Å². The maximum atomic E-state index is 6.27. The second-order valence-corrected chi connectivity index (χ2v) is 7.46. The lowest BCUT2D eigenvalue weighted by Crippen LogP contribution is -2.19. The number of fused-ring (bicyclic) bond motifs is 1. The molecular weight excluding hydrogens is 362 g/mol. The van der Waals surface area contributed by atoms with Crippen LogP contribution in [0.2, 0.25) is 0 Å². The van der Waals surface area contributed by atoms with E-state index in [9.17, 15) is 0 Å². The maximum absolute atomic E-state index is 6.27. The first-order valence-electron chi connectivity index (χ1n) is 10.0. The molecule has 29 heavy (non-hydrogen) atoms. The summed E-state index contributed by atoms with van der Waals surface area (Å²) in [7, 11) is 0. The number of hydrogen-bond donors (Lipinski definition) is 1. The molecule has 5 heteroatoms. The van der Waals surface area contributed by atoms with Crippen LogP contribution in [0, 0.1) is 6.92 Å². The van der Waals surface area contributed by atoms with E-state index in [2.05, 4.69) is 58.6 Å². The highest BCUT2D eigenvalue weighted by Crippen LogP contribution is 2.42. The average molecular weight is 385 g/mol. The van der Waals surface area contributed by atoms with Gasteiger partial charge in [0.1, 0.15) is 17.9 Å². The lowest BCUT2D eigenvalue weighted by atomic mass is 9.98. The largest absolute Gasteiger partial charge is 0.437 e. The van der Waals surface area contributed by atoms with Crippen LogP contribution in [0.1, 0.15) is 18.4 Å². The summed E-state index contributed by atoms with van der Waals surface area (Å²) in [5.41, 5.74) is 4.92. The summed E-state index contributed by atoms with van der Waals surface area (Å²) in [6.07, 6.45) is 3.97. The normalized spacial score (nSPS) is 16.4. The molecule has 146 valence electrons. The van der Waals surface area contributed by atoms with Gasteiger partial charge in [0.2, 0.25) is 5.71 Å². The molecule has 1 N–H and O–H groups in total. The van der Waals surface area contributed by atoms with Gasteiger partial charge in [-0.2, -0.15) is 0 Å². The Balaban J connectivity index is 1.68. The van der Waals surface area contributed by atoms with Gasteiger partial charge in [-0.3, -0.25) is 0 Å². The highest BCUT2D eigenvalue weighted by atomic mass is 16.5. The number of benzene rings is 2. The lowest BCUT2D eigenvalue weighted by molar-refractivity contribution is 0.120. The molecule has 0 spiro atoms. The Morgan fingerprint density at radius 2 is 1.90 bits per heavy atom. The van der Waals surface area contributed by atoms with Crippen molar-refractivity contribution in [3.63, 3.8) is 0 Å². The molecule has 1 saturated heterocycles. The second-order valence-electron chi connectivity index (χ2n) is 7.46. The molecule has 4 aromatic rings. The summed E-state index contributed by atoms with van der Waals surface area (Å²) in [6, 6.07) is 18.6. The zero-order chi connectivity index (χ0) is 19.6. The van der Waals surface area contributed by atoms with E-state index in [1.54, 1.807) is 6.33 Å². The SMILES string of the molecule is Cc1cccc(-c2c(-c3ccccc3)oc3ncnc(NCC4CCCO4)c23)c1. The van der Waals surface area contributed by atoms with Crippen LogP contribution in [0.4, 0.5) is 5.82 Å². The topological polar surface area (TPSA) is 60.2 Å². The summed E-state index contributed by atoms with van der Waals surface area (Å²) >= 11 is 0. The summed E-state index contributed by atoms with van der Waals surface area (Å²) in [6.45, 7) is 3.66. The van der Waals surface area contributed by atoms with Crippen molar-refractivity contribution in [2.75, 3.05) is 18.5 Å². The predicted molar refractivity (Wildman–Crippen MR) is 115 cm³/mol. The van der Waals surface area contributed by atoms with E-state index in [1.807, 2.05) is 18.2 Å². The van der Waals surface area contributed by atoms with Gasteiger partial charge >= 0.3 is 0 Å². The molecule has 1 aliphatic heterocycles. The number of nitrogens with zero attached hydrogens (tertiary/aromatic N) is 2. The number of furan rings is 1. The van der Waals surface area contributed by atoms with Crippen molar-refractivity contribution < 1.29 is 9.15 Å². The average Bonchev–Trinajstić information content (AvgIpc) is 3.41. The molecule has 2 aromatic heterocycles. The number of ether oxygens (including phenoxy) is 1. The smallest absolute Gasteiger partial charge is 0.232 e. The Morgan fingerprint density at radius 3 is 2.69 bits per heavy atom. The van der Waals surface area contributed by atoms with Crippen LogP contribution in [0.15, 0.2) is 65.3 Å². The first-order chi connectivity index (χ1) is 14.3. The molecule has 5 nitrogen and oxygen atoms in total. The highest BCUT2D eigenvalue weighted by Gasteiger charge is 2.23. The fraction of sp³-hybridized carbons (Fsp3) is 0.250. The molecule has 1 fully saturated rings. The minimum Gasteiger partial charge on any atom is -0.437 e. The molecule has 0 bridgehead atoms. The fourth-order valence-electron chi connectivity index (χ4n) is 3.95. The predicted octanol–water partition coefficient (Wildman–Crippen LogP) is 5.46. The van der Waals surface area contributed by atoms with Crippen LogP contribution in [-0.2, 0) is 4.74 Å². The Hall–Kier alpha value is -3.18. The first-order valence-corrected chi connectivity index (χ1v) is 10.0. The van der Waals surface area contributed by atoms with Crippen LogP contribution in [0.3, 0.4) is 0 Å². The standard InChI is InChI=1S/C24H23N3O2/c1-16-7-5-10-18(13-16)20-21-23(25-14-19-11-6-12-28-19)26-15-27-24(21)29-22(20)17-8-3-2-4-9-17/h2-5,7-10,13,15,19H,6,11-12,14H2,1H3,(H,25,26,27). The van der Waals surface area contributed by atoms with E-state index in [-0.39, 0.29) is 6.10 Å². The molecular formula is C24H23N3O2. The molecule has 1 atom stereocenters. The van der Waals surface area contributed by atoms with Gasteiger partial charge < -0.3 is 14.5 Å². The van der Waals surface area contributed by atoms with Crippen molar-refractivity contribution in [3.05, 3.63) is 66.5 Å². The first kappa shape index (κ1) is 17.9.